The number of piperidine rings is 1. The molecule has 1 atom stereocenters. The van der Waals surface area contributed by atoms with Crippen LogP contribution in [0, 0.1) is 5.41 Å². The van der Waals surface area contributed by atoms with Gasteiger partial charge in [0.15, 0.2) is 0 Å². The fourth-order valence-corrected chi connectivity index (χ4v) is 3.47. The van der Waals surface area contributed by atoms with E-state index in [1.54, 1.807) is 0 Å². The molecule has 1 aliphatic rings. The minimum absolute atomic E-state index is 0.211. The molecule has 2 rings (SSSR count). The van der Waals surface area contributed by atoms with Gasteiger partial charge in [0, 0.05) is 33.4 Å². The number of amides is 1. The summed E-state index contributed by atoms with van der Waals surface area (Å²) in [4.78, 5) is 17.1. The first kappa shape index (κ1) is 17.0. The fourth-order valence-electron chi connectivity index (χ4n) is 3.47. The number of carbonyl (C=O) groups is 1. The van der Waals surface area contributed by atoms with Crippen LogP contribution in [0.25, 0.3) is 0 Å². The molecule has 1 fully saturated rings. The van der Waals surface area contributed by atoms with Crippen molar-refractivity contribution < 1.29 is 4.79 Å². The van der Waals surface area contributed by atoms with Crippen molar-refractivity contribution in [2.45, 2.75) is 39.5 Å². The van der Waals surface area contributed by atoms with E-state index in [1.165, 1.54) is 5.56 Å². The maximum Gasteiger partial charge on any atom is 0.229 e. The Hall–Kier alpha value is -1.36. The van der Waals surface area contributed by atoms with Gasteiger partial charge in [0.25, 0.3) is 0 Å². The van der Waals surface area contributed by atoms with Crippen molar-refractivity contribution in [1.29, 1.82) is 0 Å². The predicted molar refractivity (Wildman–Crippen MR) is 88.6 cm³/mol. The van der Waals surface area contributed by atoms with Crippen molar-refractivity contribution in [2.75, 3.05) is 33.2 Å². The third-order valence-electron chi connectivity index (χ3n) is 4.80. The molecule has 124 valence electrons. The number of aryl methyl sites for hydroxylation is 2. The van der Waals surface area contributed by atoms with E-state index in [2.05, 4.69) is 23.8 Å². The molecule has 5 nitrogen and oxygen atoms in total. The highest BCUT2D eigenvalue weighted by Crippen LogP contribution is 2.31. The van der Waals surface area contributed by atoms with Gasteiger partial charge in [-0.15, -0.1) is 0 Å². The quantitative estimate of drug-likeness (QED) is 0.806. The summed E-state index contributed by atoms with van der Waals surface area (Å²) in [6.07, 6.45) is 8.05. The van der Waals surface area contributed by atoms with Crippen molar-refractivity contribution in [3.63, 3.8) is 0 Å². The average molecular weight is 306 g/mol. The maximum absolute atomic E-state index is 12.8. The number of likely N-dealkylation sites (tertiary alicyclic amines) is 1. The lowest BCUT2D eigenvalue weighted by molar-refractivity contribution is -0.143. The third kappa shape index (κ3) is 4.09. The van der Waals surface area contributed by atoms with Crippen LogP contribution in [0.3, 0.4) is 0 Å². The van der Waals surface area contributed by atoms with Crippen molar-refractivity contribution >= 4 is 5.91 Å². The molecule has 22 heavy (non-hydrogen) atoms. The molecule has 0 unspecified atom stereocenters. The molecule has 0 aliphatic carbocycles. The van der Waals surface area contributed by atoms with Gasteiger partial charge in [-0.2, -0.15) is 5.10 Å². The highest BCUT2D eigenvalue weighted by molar-refractivity contribution is 5.82. The molecule has 0 aromatic carbocycles. The van der Waals surface area contributed by atoms with E-state index in [-0.39, 0.29) is 5.41 Å². The maximum atomic E-state index is 12.8. The Morgan fingerprint density at radius 3 is 2.91 bits per heavy atom. The van der Waals surface area contributed by atoms with E-state index in [4.69, 9.17) is 0 Å². The monoisotopic (exact) mass is 306 g/mol. The molecule has 1 aliphatic heterocycles. The number of aromatic nitrogens is 2. The van der Waals surface area contributed by atoms with Crippen molar-refractivity contribution in [1.82, 2.24) is 19.6 Å². The van der Waals surface area contributed by atoms with Crippen LogP contribution in [-0.4, -0.2) is 58.7 Å². The lowest BCUT2D eigenvalue weighted by Crippen LogP contribution is -2.50. The van der Waals surface area contributed by atoms with Crippen molar-refractivity contribution in [3.8, 4) is 0 Å². The van der Waals surface area contributed by atoms with Gasteiger partial charge in [-0.1, -0.05) is 6.92 Å². The molecule has 5 heteroatoms. The first-order valence-corrected chi connectivity index (χ1v) is 8.40. The zero-order valence-corrected chi connectivity index (χ0v) is 14.5. The highest BCUT2D eigenvalue weighted by atomic mass is 16.2. The van der Waals surface area contributed by atoms with Crippen LogP contribution in [0.15, 0.2) is 12.4 Å². The zero-order chi connectivity index (χ0) is 16.2. The number of hydrogen-bond donors (Lipinski definition) is 0. The molecule has 0 radical (unpaired) electrons. The van der Waals surface area contributed by atoms with Crippen LogP contribution in [0.2, 0.25) is 0 Å². The largest absolute Gasteiger partial charge is 0.345 e. The standard InChI is InChI=1S/C17H30N4O/c1-5-21-11-7-9-17(2,14-21)16(22)19(3)10-6-8-15-12-18-20(4)13-15/h12-13H,5-11,14H2,1-4H3/t17-/m1/s1. The van der Waals surface area contributed by atoms with Crippen molar-refractivity contribution in [2.24, 2.45) is 12.5 Å². The Morgan fingerprint density at radius 1 is 1.50 bits per heavy atom. The van der Waals surface area contributed by atoms with Crippen LogP contribution in [0.4, 0.5) is 0 Å². The Kier molecular flexibility index (Phi) is 5.62. The van der Waals surface area contributed by atoms with Gasteiger partial charge in [-0.25, -0.2) is 0 Å². The number of nitrogens with zero attached hydrogens (tertiary/aromatic N) is 4. The first-order chi connectivity index (χ1) is 10.4. The van der Waals surface area contributed by atoms with Crippen LogP contribution >= 0.6 is 0 Å². The number of rotatable bonds is 6. The van der Waals surface area contributed by atoms with Crippen molar-refractivity contribution in [3.05, 3.63) is 18.0 Å². The van der Waals surface area contributed by atoms with E-state index in [0.717, 1.165) is 51.9 Å². The lowest BCUT2D eigenvalue weighted by Gasteiger charge is -2.41. The summed E-state index contributed by atoms with van der Waals surface area (Å²) in [5.74, 6) is 0.303. The molecular weight excluding hydrogens is 276 g/mol. The molecule has 1 aromatic heterocycles. The van der Waals surface area contributed by atoms with E-state index in [9.17, 15) is 4.79 Å². The molecular formula is C17H30N4O. The van der Waals surface area contributed by atoms with Gasteiger partial charge in [0.2, 0.25) is 5.91 Å². The summed E-state index contributed by atoms with van der Waals surface area (Å²) in [7, 11) is 3.88. The molecule has 0 N–H and O–H groups in total. The Labute approximate surface area is 134 Å². The molecule has 1 saturated heterocycles. The Balaban J connectivity index is 1.83. The predicted octanol–water partition coefficient (Wildman–Crippen LogP) is 1.93. The molecule has 2 heterocycles. The summed E-state index contributed by atoms with van der Waals surface area (Å²) < 4.78 is 1.83. The fraction of sp³-hybridized carbons (Fsp3) is 0.765. The third-order valence-corrected chi connectivity index (χ3v) is 4.80. The zero-order valence-electron chi connectivity index (χ0n) is 14.5. The summed E-state index contributed by atoms with van der Waals surface area (Å²) >= 11 is 0. The van der Waals surface area contributed by atoms with Crippen LogP contribution < -0.4 is 0 Å². The van der Waals surface area contributed by atoms with Gasteiger partial charge in [0.05, 0.1) is 11.6 Å². The van der Waals surface area contributed by atoms with Gasteiger partial charge >= 0.3 is 0 Å². The minimum Gasteiger partial charge on any atom is -0.345 e. The van der Waals surface area contributed by atoms with E-state index < -0.39 is 0 Å². The van der Waals surface area contributed by atoms with Crippen LogP contribution in [0.5, 0.6) is 0 Å². The topological polar surface area (TPSA) is 41.4 Å². The minimum atomic E-state index is -0.211. The Bertz CT molecular complexity index is 499. The number of hydrogen-bond acceptors (Lipinski definition) is 3. The van der Waals surface area contributed by atoms with Gasteiger partial charge in [-0.05, 0) is 51.3 Å². The van der Waals surface area contributed by atoms with Crippen LogP contribution in [-0.2, 0) is 18.3 Å². The second-order valence-corrected chi connectivity index (χ2v) is 6.89. The van der Waals surface area contributed by atoms with E-state index >= 15 is 0 Å². The highest BCUT2D eigenvalue weighted by Gasteiger charge is 2.38. The molecule has 0 bridgehead atoms. The molecule has 1 amide bonds. The number of carbonyl (C=O) groups excluding carboxylic acids is 1. The molecule has 0 saturated carbocycles. The van der Waals surface area contributed by atoms with Gasteiger partial charge < -0.3 is 9.80 Å². The lowest BCUT2D eigenvalue weighted by atomic mass is 9.80. The summed E-state index contributed by atoms with van der Waals surface area (Å²) in [5, 5.41) is 4.18. The Morgan fingerprint density at radius 2 is 2.27 bits per heavy atom. The second-order valence-electron chi connectivity index (χ2n) is 6.89. The smallest absolute Gasteiger partial charge is 0.229 e. The molecule has 0 spiro atoms. The van der Waals surface area contributed by atoms with E-state index in [1.807, 2.05) is 36.1 Å². The SMILES string of the molecule is CCN1CCC[C@@](C)(C(=O)N(C)CCCc2cnn(C)c2)C1. The summed E-state index contributed by atoms with van der Waals surface area (Å²) in [5.41, 5.74) is 1.03. The summed E-state index contributed by atoms with van der Waals surface area (Å²) in [6.45, 7) is 8.19. The summed E-state index contributed by atoms with van der Waals surface area (Å²) in [6, 6.07) is 0. The molecule has 1 aromatic rings. The average Bonchev–Trinajstić information content (AvgIpc) is 2.91. The normalized spacial score (nSPS) is 22.7. The second kappa shape index (κ2) is 7.27. The van der Waals surface area contributed by atoms with E-state index in [0.29, 0.717) is 5.91 Å². The first-order valence-electron chi connectivity index (χ1n) is 8.40. The van der Waals surface area contributed by atoms with Gasteiger partial charge in [0.1, 0.15) is 0 Å². The van der Waals surface area contributed by atoms with Gasteiger partial charge in [-0.3, -0.25) is 9.48 Å². The van der Waals surface area contributed by atoms with Crippen LogP contribution in [0.1, 0.15) is 38.7 Å².